The Morgan fingerprint density at radius 3 is 2.60 bits per heavy atom. The summed E-state index contributed by atoms with van der Waals surface area (Å²) < 4.78 is 4.64. The van der Waals surface area contributed by atoms with E-state index in [1.165, 1.54) is 20.0 Å². The Balaban J connectivity index is 2.18. The molecule has 4 nitrogen and oxygen atoms in total. The zero-order valence-corrected chi connectivity index (χ0v) is 16.3. The van der Waals surface area contributed by atoms with Gasteiger partial charge in [-0.2, -0.15) is 0 Å². The highest BCUT2D eigenvalue weighted by atomic mass is 16.5. The van der Waals surface area contributed by atoms with E-state index in [1.807, 2.05) is 0 Å². The number of aliphatic hydroxyl groups is 1. The van der Waals surface area contributed by atoms with E-state index in [9.17, 15) is 14.7 Å². The second-order valence-electron chi connectivity index (χ2n) is 7.63. The highest BCUT2D eigenvalue weighted by Crippen LogP contribution is 2.36. The highest BCUT2D eigenvalue weighted by molar-refractivity contribution is 5.83. The molecule has 0 aromatic rings. The maximum atomic E-state index is 12.2. The maximum absolute atomic E-state index is 12.2. The van der Waals surface area contributed by atoms with Gasteiger partial charge in [0.1, 0.15) is 5.78 Å². The van der Waals surface area contributed by atoms with Crippen molar-refractivity contribution in [1.82, 2.24) is 0 Å². The third-order valence-corrected chi connectivity index (χ3v) is 5.63. The number of methoxy groups -OCH3 is 1. The van der Waals surface area contributed by atoms with E-state index in [1.54, 1.807) is 0 Å². The van der Waals surface area contributed by atoms with Crippen molar-refractivity contribution in [3.05, 3.63) is 0 Å². The van der Waals surface area contributed by atoms with Crippen molar-refractivity contribution in [3.8, 4) is 0 Å². The minimum atomic E-state index is -0.193. The lowest BCUT2D eigenvalue weighted by molar-refractivity contribution is -0.140. The van der Waals surface area contributed by atoms with E-state index >= 15 is 0 Å². The molecule has 1 rings (SSSR count). The molecule has 0 heterocycles. The van der Waals surface area contributed by atoms with Gasteiger partial charge in [0, 0.05) is 18.8 Å². The van der Waals surface area contributed by atoms with Gasteiger partial charge in [-0.1, -0.05) is 45.4 Å². The van der Waals surface area contributed by atoms with Crippen LogP contribution >= 0.6 is 0 Å². The van der Waals surface area contributed by atoms with Crippen molar-refractivity contribution in [1.29, 1.82) is 0 Å². The van der Waals surface area contributed by atoms with E-state index in [2.05, 4.69) is 11.7 Å². The lowest BCUT2D eigenvalue weighted by Gasteiger charge is -2.20. The van der Waals surface area contributed by atoms with Crippen LogP contribution in [0, 0.1) is 11.8 Å². The third-order valence-electron chi connectivity index (χ3n) is 5.63. The van der Waals surface area contributed by atoms with Crippen LogP contribution in [0.25, 0.3) is 0 Å². The molecule has 25 heavy (non-hydrogen) atoms. The van der Waals surface area contributed by atoms with Gasteiger partial charge in [0.15, 0.2) is 0 Å². The van der Waals surface area contributed by atoms with E-state index < -0.39 is 0 Å². The van der Waals surface area contributed by atoms with Gasteiger partial charge in [-0.3, -0.25) is 9.59 Å². The van der Waals surface area contributed by atoms with E-state index in [0.29, 0.717) is 18.1 Å². The van der Waals surface area contributed by atoms with Crippen LogP contribution in [0.1, 0.15) is 96.8 Å². The van der Waals surface area contributed by atoms with Crippen LogP contribution in [0.15, 0.2) is 0 Å². The summed E-state index contributed by atoms with van der Waals surface area (Å²) in [6, 6.07) is 0. The Morgan fingerprint density at radius 1 is 1.12 bits per heavy atom. The fourth-order valence-electron chi connectivity index (χ4n) is 3.99. The summed E-state index contributed by atoms with van der Waals surface area (Å²) in [4.78, 5) is 23.2. The summed E-state index contributed by atoms with van der Waals surface area (Å²) >= 11 is 0. The Bertz CT molecular complexity index is 380. The number of hydrogen-bond acceptors (Lipinski definition) is 4. The quantitative estimate of drug-likeness (QED) is 0.359. The molecule has 0 aromatic carbocycles. The molecule has 1 aliphatic carbocycles. The van der Waals surface area contributed by atoms with Crippen LogP contribution in [0.5, 0.6) is 0 Å². The second kappa shape index (κ2) is 13.3. The van der Waals surface area contributed by atoms with E-state index in [4.69, 9.17) is 0 Å². The van der Waals surface area contributed by atoms with Crippen molar-refractivity contribution >= 4 is 11.8 Å². The fraction of sp³-hybridized carbons (Fsp3) is 0.905. The van der Waals surface area contributed by atoms with Gasteiger partial charge in [-0.15, -0.1) is 0 Å². The van der Waals surface area contributed by atoms with Crippen molar-refractivity contribution in [2.45, 2.75) is 103 Å². The summed E-state index contributed by atoms with van der Waals surface area (Å²) in [5.74, 6) is 0.982. The first-order chi connectivity index (χ1) is 12.1. The monoisotopic (exact) mass is 354 g/mol. The highest BCUT2D eigenvalue weighted by Gasteiger charge is 2.33. The molecule has 0 aromatic heterocycles. The van der Waals surface area contributed by atoms with Gasteiger partial charge in [0.25, 0.3) is 0 Å². The van der Waals surface area contributed by atoms with E-state index in [0.717, 1.165) is 70.6 Å². The summed E-state index contributed by atoms with van der Waals surface area (Å²) in [6.07, 6.45) is 13.3. The predicted molar refractivity (Wildman–Crippen MR) is 100 cm³/mol. The van der Waals surface area contributed by atoms with Gasteiger partial charge in [-0.05, 0) is 44.4 Å². The topological polar surface area (TPSA) is 63.6 Å². The number of ether oxygens (including phenoxy) is 1. The molecule has 1 unspecified atom stereocenters. The summed E-state index contributed by atoms with van der Waals surface area (Å²) in [6.45, 7) is 2.18. The molecule has 1 fully saturated rings. The molecule has 1 aliphatic rings. The second-order valence-corrected chi connectivity index (χ2v) is 7.63. The number of ketones is 1. The van der Waals surface area contributed by atoms with Crippen LogP contribution in [-0.2, 0) is 14.3 Å². The van der Waals surface area contributed by atoms with Crippen LogP contribution in [0.2, 0.25) is 0 Å². The molecule has 1 N–H and O–H groups in total. The van der Waals surface area contributed by atoms with Gasteiger partial charge in [0.05, 0.1) is 13.2 Å². The number of esters is 1. The summed E-state index contributed by atoms with van der Waals surface area (Å²) in [7, 11) is 1.43. The van der Waals surface area contributed by atoms with Gasteiger partial charge < -0.3 is 9.84 Å². The largest absolute Gasteiger partial charge is 0.469 e. The Labute approximate surface area is 153 Å². The van der Waals surface area contributed by atoms with Crippen LogP contribution < -0.4 is 0 Å². The first-order valence-electron chi connectivity index (χ1n) is 10.4. The average Bonchev–Trinajstić information content (AvgIpc) is 2.96. The van der Waals surface area contributed by atoms with Crippen molar-refractivity contribution in [3.63, 3.8) is 0 Å². The number of carbonyl (C=O) groups excluding carboxylic acids is 2. The zero-order chi connectivity index (χ0) is 18.5. The Kier molecular flexibility index (Phi) is 11.8. The maximum Gasteiger partial charge on any atom is 0.305 e. The summed E-state index contributed by atoms with van der Waals surface area (Å²) in [5.41, 5.74) is 0. The number of unbranched alkanes of at least 4 members (excludes halogenated alkanes) is 5. The van der Waals surface area contributed by atoms with Crippen LogP contribution in [0.3, 0.4) is 0 Å². The molecule has 0 saturated heterocycles. The molecule has 0 radical (unpaired) electrons. The molecule has 1 saturated carbocycles. The normalized spacial score (nSPS) is 21.5. The number of carbonyl (C=O) groups is 2. The number of Topliss-reactive ketones (excluding diaryl/α,β-unsaturated/α-hetero) is 1. The van der Waals surface area contributed by atoms with Crippen LogP contribution in [-0.4, -0.2) is 30.1 Å². The molecule has 0 spiro atoms. The average molecular weight is 355 g/mol. The molecular formula is C21H38O4. The van der Waals surface area contributed by atoms with Crippen molar-refractivity contribution < 1.29 is 19.4 Å². The first kappa shape index (κ1) is 22.1. The predicted octanol–water partition coefficient (Wildman–Crippen LogP) is 4.82. The third kappa shape index (κ3) is 9.39. The molecule has 0 aliphatic heterocycles. The van der Waals surface area contributed by atoms with Crippen molar-refractivity contribution in [2.75, 3.05) is 7.11 Å². The number of hydrogen-bond donors (Lipinski definition) is 1. The molecule has 3 atom stereocenters. The lowest BCUT2D eigenvalue weighted by Crippen LogP contribution is -2.17. The molecule has 146 valence electrons. The number of rotatable bonds is 14. The van der Waals surface area contributed by atoms with Crippen molar-refractivity contribution in [2.24, 2.45) is 11.8 Å². The lowest BCUT2D eigenvalue weighted by atomic mass is 9.86. The van der Waals surface area contributed by atoms with Gasteiger partial charge in [-0.25, -0.2) is 0 Å². The minimum Gasteiger partial charge on any atom is -0.469 e. The van der Waals surface area contributed by atoms with Gasteiger partial charge in [0.2, 0.25) is 0 Å². The minimum absolute atomic E-state index is 0.136. The van der Waals surface area contributed by atoms with E-state index in [-0.39, 0.29) is 18.0 Å². The summed E-state index contributed by atoms with van der Waals surface area (Å²) in [5, 5.41) is 10.1. The standard InChI is InChI=1S/C21H38O4/c1-3-4-7-10-18(22)15-13-17-14-16-20(23)19(17)11-8-5-6-9-12-21(24)25-2/h17-19,22H,3-16H2,1-2H3/t17-,18?,19+/m0/s1. The van der Waals surface area contributed by atoms with Crippen LogP contribution in [0.4, 0.5) is 0 Å². The zero-order valence-electron chi connectivity index (χ0n) is 16.3. The SMILES string of the molecule is CCCCCC(O)CC[C@H]1CCC(=O)[C@@H]1CCCCCCC(=O)OC. The molecular weight excluding hydrogens is 316 g/mol. The molecule has 0 bridgehead atoms. The fourth-order valence-corrected chi connectivity index (χ4v) is 3.99. The Morgan fingerprint density at radius 2 is 1.88 bits per heavy atom. The number of aliphatic hydroxyl groups excluding tert-OH is 1. The Hall–Kier alpha value is -0.900. The molecule has 4 heteroatoms. The van der Waals surface area contributed by atoms with Gasteiger partial charge >= 0.3 is 5.97 Å². The first-order valence-corrected chi connectivity index (χ1v) is 10.4. The molecule has 0 amide bonds. The smallest absolute Gasteiger partial charge is 0.305 e.